The average molecular weight is 302 g/mol. The zero-order valence-corrected chi connectivity index (χ0v) is 11.8. The second kappa shape index (κ2) is 4.97. The molecule has 0 radical (unpaired) electrons. The highest BCUT2D eigenvalue weighted by Gasteiger charge is 2.34. The van der Waals surface area contributed by atoms with Gasteiger partial charge in [0.2, 0.25) is 5.95 Å². The summed E-state index contributed by atoms with van der Waals surface area (Å²) in [5.74, 6) is 1.66. The minimum absolute atomic E-state index is 0.158. The molecule has 4 rings (SSSR count). The van der Waals surface area contributed by atoms with E-state index < -0.39 is 5.82 Å². The topological polar surface area (TPSA) is 80.4 Å². The number of ether oxygens (including phenoxy) is 1. The molecule has 2 aromatic rings. The van der Waals surface area contributed by atoms with E-state index in [1.54, 1.807) is 12.3 Å². The fourth-order valence-corrected chi connectivity index (χ4v) is 2.89. The van der Waals surface area contributed by atoms with Crippen LogP contribution in [0.25, 0.3) is 0 Å². The van der Waals surface area contributed by atoms with Gasteiger partial charge in [-0.3, -0.25) is 0 Å². The molecule has 0 aliphatic carbocycles. The van der Waals surface area contributed by atoms with Crippen molar-refractivity contribution < 1.29 is 9.13 Å². The molecule has 0 bridgehead atoms. The Morgan fingerprint density at radius 2 is 2.00 bits per heavy atom. The van der Waals surface area contributed by atoms with Crippen LogP contribution in [0.15, 0.2) is 24.7 Å². The van der Waals surface area contributed by atoms with Gasteiger partial charge in [0.25, 0.3) is 0 Å². The van der Waals surface area contributed by atoms with E-state index in [9.17, 15) is 4.39 Å². The van der Waals surface area contributed by atoms with Crippen LogP contribution in [0.1, 0.15) is 0 Å². The van der Waals surface area contributed by atoms with Gasteiger partial charge in [-0.2, -0.15) is 0 Å². The SMILES string of the molecule is Nc1cnc2c(c1)OCC1CN(c3ncc(F)cn3)CCN21. The van der Waals surface area contributed by atoms with Crippen LogP contribution in [0.5, 0.6) is 5.75 Å². The van der Waals surface area contributed by atoms with Gasteiger partial charge in [-0.15, -0.1) is 0 Å². The summed E-state index contributed by atoms with van der Waals surface area (Å²) >= 11 is 0. The summed E-state index contributed by atoms with van der Waals surface area (Å²) in [5, 5.41) is 0. The standard InChI is InChI=1S/C14H15FN6O/c15-9-4-18-14(19-5-9)20-1-2-21-11(7-20)8-22-12-3-10(16)6-17-13(12)21/h3-6,11H,1-2,7-8,16H2. The number of pyridine rings is 1. The zero-order chi connectivity index (χ0) is 15.1. The maximum atomic E-state index is 12.9. The van der Waals surface area contributed by atoms with Crippen LogP contribution in [0.4, 0.5) is 21.8 Å². The van der Waals surface area contributed by atoms with Gasteiger partial charge in [0.15, 0.2) is 17.4 Å². The Kier molecular flexibility index (Phi) is 2.95. The van der Waals surface area contributed by atoms with Gasteiger partial charge < -0.3 is 20.3 Å². The molecule has 1 saturated heterocycles. The van der Waals surface area contributed by atoms with Gasteiger partial charge in [0, 0.05) is 25.7 Å². The summed E-state index contributed by atoms with van der Waals surface area (Å²) in [6.07, 6.45) is 4.01. The predicted molar refractivity (Wildman–Crippen MR) is 79.5 cm³/mol. The molecular formula is C14H15FN6O. The van der Waals surface area contributed by atoms with E-state index in [0.29, 0.717) is 24.8 Å². The van der Waals surface area contributed by atoms with Crippen molar-refractivity contribution in [2.75, 3.05) is 41.8 Å². The summed E-state index contributed by atoms with van der Waals surface area (Å²) < 4.78 is 18.7. The summed E-state index contributed by atoms with van der Waals surface area (Å²) in [5.41, 5.74) is 6.34. The van der Waals surface area contributed by atoms with Crippen LogP contribution < -0.4 is 20.3 Å². The Hall–Kier alpha value is -2.64. The number of piperazine rings is 1. The predicted octanol–water partition coefficient (Wildman–Crippen LogP) is 0.680. The van der Waals surface area contributed by atoms with Crippen molar-refractivity contribution in [3.63, 3.8) is 0 Å². The minimum atomic E-state index is -0.431. The highest BCUT2D eigenvalue weighted by atomic mass is 19.1. The van der Waals surface area contributed by atoms with Crippen molar-refractivity contribution >= 4 is 17.5 Å². The first-order chi connectivity index (χ1) is 10.7. The fourth-order valence-electron chi connectivity index (χ4n) is 2.89. The van der Waals surface area contributed by atoms with Gasteiger partial charge in [0.05, 0.1) is 30.3 Å². The smallest absolute Gasteiger partial charge is 0.225 e. The fraction of sp³-hybridized carbons (Fsp3) is 0.357. The molecule has 1 unspecified atom stereocenters. The van der Waals surface area contributed by atoms with Crippen LogP contribution in [-0.2, 0) is 0 Å². The first-order valence-electron chi connectivity index (χ1n) is 7.08. The first-order valence-corrected chi connectivity index (χ1v) is 7.08. The second-order valence-corrected chi connectivity index (χ2v) is 5.40. The number of nitrogens with two attached hydrogens (primary N) is 1. The van der Waals surface area contributed by atoms with Gasteiger partial charge in [-0.05, 0) is 0 Å². The molecule has 0 saturated carbocycles. The van der Waals surface area contributed by atoms with Gasteiger partial charge in [-0.25, -0.2) is 19.3 Å². The van der Waals surface area contributed by atoms with E-state index in [0.717, 1.165) is 24.7 Å². The lowest BCUT2D eigenvalue weighted by molar-refractivity contribution is 0.252. The van der Waals surface area contributed by atoms with Gasteiger partial charge in [0.1, 0.15) is 6.61 Å². The molecular weight excluding hydrogens is 287 g/mol. The molecule has 0 aromatic carbocycles. The normalized spacial score (nSPS) is 20.1. The van der Waals surface area contributed by atoms with Crippen molar-refractivity contribution in [3.8, 4) is 5.75 Å². The molecule has 2 N–H and O–H groups in total. The minimum Gasteiger partial charge on any atom is -0.487 e. The Morgan fingerprint density at radius 3 is 2.82 bits per heavy atom. The Balaban J connectivity index is 1.56. The van der Waals surface area contributed by atoms with E-state index in [-0.39, 0.29) is 6.04 Å². The maximum Gasteiger partial charge on any atom is 0.225 e. The molecule has 7 nitrogen and oxygen atoms in total. The lowest BCUT2D eigenvalue weighted by Gasteiger charge is -2.44. The second-order valence-electron chi connectivity index (χ2n) is 5.40. The largest absolute Gasteiger partial charge is 0.487 e. The molecule has 1 atom stereocenters. The van der Waals surface area contributed by atoms with E-state index in [1.807, 2.05) is 4.90 Å². The molecule has 0 spiro atoms. The van der Waals surface area contributed by atoms with Crippen LogP contribution in [0, 0.1) is 5.82 Å². The number of nitrogens with zero attached hydrogens (tertiary/aromatic N) is 5. The van der Waals surface area contributed by atoms with Crippen LogP contribution in [0.2, 0.25) is 0 Å². The zero-order valence-electron chi connectivity index (χ0n) is 11.8. The average Bonchev–Trinajstić information content (AvgIpc) is 2.54. The third-order valence-electron chi connectivity index (χ3n) is 3.93. The van der Waals surface area contributed by atoms with E-state index >= 15 is 0 Å². The number of anilines is 3. The number of fused-ring (bicyclic) bond motifs is 3. The summed E-state index contributed by atoms with van der Waals surface area (Å²) in [7, 11) is 0. The Morgan fingerprint density at radius 1 is 1.18 bits per heavy atom. The van der Waals surface area contributed by atoms with Gasteiger partial charge >= 0.3 is 0 Å². The third kappa shape index (κ3) is 2.16. The lowest BCUT2D eigenvalue weighted by atomic mass is 10.1. The number of hydrogen-bond acceptors (Lipinski definition) is 7. The number of halogens is 1. The Bertz CT molecular complexity index is 694. The van der Waals surface area contributed by atoms with E-state index in [1.165, 1.54) is 12.4 Å². The van der Waals surface area contributed by atoms with Crippen molar-refractivity contribution in [3.05, 3.63) is 30.5 Å². The van der Waals surface area contributed by atoms with Crippen LogP contribution >= 0.6 is 0 Å². The van der Waals surface area contributed by atoms with Gasteiger partial charge in [-0.1, -0.05) is 0 Å². The maximum absolute atomic E-state index is 12.9. The molecule has 2 aliphatic rings. The number of nitrogen functional groups attached to an aromatic ring is 1. The molecule has 2 aromatic heterocycles. The Labute approximate surface area is 126 Å². The lowest BCUT2D eigenvalue weighted by Crippen LogP contribution is -2.58. The van der Waals surface area contributed by atoms with E-state index in [4.69, 9.17) is 10.5 Å². The summed E-state index contributed by atoms with van der Waals surface area (Å²) in [6, 6.07) is 1.96. The molecule has 0 amide bonds. The highest BCUT2D eigenvalue weighted by molar-refractivity contribution is 5.61. The molecule has 4 heterocycles. The number of hydrogen-bond donors (Lipinski definition) is 1. The van der Waals surface area contributed by atoms with Crippen molar-refractivity contribution in [2.24, 2.45) is 0 Å². The number of aromatic nitrogens is 3. The van der Waals surface area contributed by atoms with Crippen molar-refractivity contribution in [1.29, 1.82) is 0 Å². The molecule has 22 heavy (non-hydrogen) atoms. The van der Waals surface area contributed by atoms with Crippen molar-refractivity contribution in [1.82, 2.24) is 15.0 Å². The molecule has 1 fully saturated rings. The molecule has 114 valence electrons. The number of rotatable bonds is 1. The summed E-state index contributed by atoms with van der Waals surface area (Å²) in [4.78, 5) is 16.7. The first kappa shape index (κ1) is 13.1. The quantitative estimate of drug-likeness (QED) is 0.829. The monoisotopic (exact) mass is 302 g/mol. The molecule has 8 heteroatoms. The van der Waals surface area contributed by atoms with Crippen LogP contribution in [-0.4, -0.2) is 47.2 Å². The summed E-state index contributed by atoms with van der Waals surface area (Å²) in [6.45, 7) is 2.78. The van der Waals surface area contributed by atoms with E-state index in [2.05, 4.69) is 19.9 Å². The van der Waals surface area contributed by atoms with Crippen molar-refractivity contribution in [2.45, 2.75) is 6.04 Å². The third-order valence-corrected chi connectivity index (χ3v) is 3.93. The molecule has 2 aliphatic heterocycles. The highest BCUT2D eigenvalue weighted by Crippen LogP contribution is 2.34. The van der Waals surface area contributed by atoms with Crippen LogP contribution in [0.3, 0.4) is 0 Å².